The molecule has 0 radical (unpaired) electrons. The third kappa shape index (κ3) is 5.00. The molecule has 0 unspecified atom stereocenters. The molecule has 4 aromatic rings. The Morgan fingerprint density at radius 2 is 1.66 bits per heavy atom. The standard InChI is InChI=1S/C24H20ClFN4OS/c1-15-3-7-17(8-4-15)23-28-29-24(30(23)19-10-5-16(2)6-11-19)32-14-22(31)27-18-9-12-21(26)20(25)13-18/h3-13H,14H2,1-2H3,(H,27,31). The third-order valence-corrected chi connectivity index (χ3v) is 5.99. The number of nitrogens with zero attached hydrogens (tertiary/aromatic N) is 3. The van der Waals surface area contributed by atoms with Crippen molar-refractivity contribution in [2.45, 2.75) is 19.0 Å². The molecule has 162 valence electrons. The van der Waals surface area contributed by atoms with Crippen LogP contribution in [0.15, 0.2) is 71.9 Å². The zero-order chi connectivity index (χ0) is 22.7. The fraction of sp³-hybridized carbons (Fsp3) is 0.125. The van der Waals surface area contributed by atoms with Gasteiger partial charge in [0.15, 0.2) is 11.0 Å². The van der Waals surface area contributed by atoms with Crippen molar-refractivity contribution in [1.82, 2.24) is 14.8 Å². The van der Waals surface area contributed by atoms with Crippen LogP contribution in [0.2, 0.25) is 5.02 Å². The van der Waals surface area contributed by atoms with Gasteiger partial charge in [-0.3, -0.25) is 9.36 Å². The Kier molecular flexibility index (Phi) is 6.58. The number of hydrogen-bond acceptors (Lipinski definition) is 4. The number of hydrogen-bond donors (Lipinski definition) is 1. The summed E-state index contributed by atoms with van der Waals surface area (Å²) in [6, 6.07) is 20.2. The summed E-state index contributed by atoms with van der Waals surface area (Å²) in [6.07, 6.45) is 0. The SMILES string of the molecule is Cc1ccc(-c2nnc(SCC(=O)Nc3ccc(F)c(Cl)c3)n2-c2ccc(C)cc2)cc1. The number of halogens is 2. The van der Waals surface area contributed by atoms with Crippen LogP contribution in [0.3, 0.4) is 0 Å². The van der Waals surface area contributed by atoms with Crippen molar-refractivity contribution in [3.8, 4) is 17.1 Å². The van der Waals surface area contributed by atoms with Crippen molar-refractivity contribution in [1.29, 1.82) is 0 Å². The van der Waals surface area contributed by atoms with E-state index in [4.69, 9.17) is 11.6 Å². The Bertz CT molecular complexity index is 1260. The first-order valence-corrected chi connectivity index (χ1v) is 11.2. The summed E-state index contributed by atoms with van der Waals surface area (Å²) < 4.78 is 15.3. The van der Waals surface area contributed by atoms with Crippen LogP contribution in [0.4, 0.5) is 10.1 Å². The number of aromatic nitrogens is 3. The lowest BCUT2D eigenvalue weighted by Gasteiger charge is -2.11. The Labute approximate surface area is 194 Å². The predicted molar refractivity (Wildman–Crippen MR) is 127 cm³/mol. The summed E-state index contributed by atoms with van der Waals surface area (Å²) in [5.74, 6) is 0.0105. The highest BCUT2D eigenvalue weighted by Gasteiger charge is 2.17. The van der Waals surface area contributed by atoms with Crippen molar-refractivity contribution >= 4 is 35.0 Å². The number of thioether (sulfide) groups is 1. The zero-order valence-electron chi connectivity index (χ0n) is 17.5. The Hall–Kier alpha value is -3.16. The molecular weight excluding hydrogens is 447 g/mol. The second kappa shape index (κ2) is 9.54. The quantitative estimate of drug-likeness (QED) is 0.350. The van der Waals surface area contributed by atoms with Gasteiger partial charge in [-0.1, -0.05) is 70.9 Å². The molecule has 0 atom stereocenters. The predicted octanol–water partition coefficient (Wildman–Crippen LogP) is 6.07. The van der Waals surface area contributed by atoms with Crippen molar-refractivity contribution in [2.24, 2.45) is 0 Å². The summed E-state index contributed by atoms with van der Waals surface area (Å²) in [4.78, 5) is 12.5. The van der Waals surface area contributed by atoms with Gasteiger partial charge in [-0.2, -0.15) is 0 Å². The van der Waals surface area contributed by atoms with E-state index >= 15 is 0 Å². The molecule has 0 aliphatic rings. The van der Waals surface area contributed by atoms with Gasteiger partial charge in [-0.25, -0.2) is 4.39 Å². The molecule has 0 fully saturated rings. The van der Waals surface area contributed by atoms with Gasteiger partial charge in [0.2, 0.25) is 5.91 Å². The van der Waals surface area contributed by atoms with Gasteiger partial charge in [0.25, 0.3) is 0 Å². The van der Waals surface area contributed by atoms with Crippen LogP contribution in [0.1, 0.15) is 11.1 Å². The Morgan fingerprint density at radius 3 is 2.31 bits per heavy atom. The maximum atomic E-state index is 13.3. The molecule has 0 spiro atoms. The van der Waals surface area contributed by atoms with E-state index in [0.717, 1.165) is 22.4 Å². The molecule has 1 N–H and O–H groups in total. The lowest BCUT2D eigenvalue weighted by molar-refractivity contribution is -0.113. The zero-order valence-corrected chi connectivity index (χ0v) is 19.0. The van der Waals surface area contributed by atoms with Gasteiger partial charge in [0.1, 0.15) is 5.82 Å². The van der Waals surface area contributed by atoms with E-state index in [-0.39, 0.29) is 16.7 Å². The molecule has 4 rings (SSSR count). The van der Waals surface area contributed by atoms with Crippen LogP contribution in [0.5, 0.6) is 0 Å². The van der Waals surface area contributed by atoms with E-state index in [2.05, 4.69) is 15.5 Å². The first kappa shape index (κ1) is 22.0. The molecule has 1 aromatic heterocycles. The van der Waals surface area contributed by atoms with E-state index < -0.39 is 5.82 Å². The Balaban J connectivity index is 1.59. The summed E-state index contributed by atoms with van der Waals surface area (Å²) in [7, 11) is 0. The monoisotopic (exact) mass is 466 g/mol. The van der Waals surface area contributed by atoms with Crippen LogP contribution in [-0.2, 0) is 4.79 Å². The van der Waals surface area contributed by atoms with Crippen LogP contribution in [0.25, 0.3) is 17.1 Å². The lowest BCUT2D eigenvalue weighted by atomic mass is 10.1. The van der Waals surface area contributed by atoms with E-state index in [1.807, 2.05) is 66.9 Å². The normalized spacial score (nSPS) is 10.9. The summed E-state index contributed by atoms with van der Waals surface area (Å²) >= 11 is 7.06. The van der Waals surface area contributed by atoms with Gasteiger partial charge in [0.05, 0.1) is 10.8 Å². The summed E-state index contributed by atoms with van der Waals surface area (Å²) in [5, 5.41) is 12.0. The number of aryl methyl sites for hydroxylation is 2. The second-order valence-corrected chi connectivity index (χ2v) is 8.66. The summed E-state index contributed by atoms with van der Waals surface area (Å²) in [5.41, 5.74) is 4.57. The van der Waals surface area contributed by atoms with Gasteiger partial charge in [0, 0.05) is 16.9 Å². The van der Waals surface area contributed by atoms with E-state index in [1.165, 1.54) is 30.0 Å². The molecule has 0 saturated carbocycles. The van der Waals surface area contributed by atoms with Crippen LogP contribution in [0, 0.1) is 19.7 Å². The topological polar surface area (TPSA) is 59.8 Å². The van der Waals surface area contributed by atoms with Crippen molar-refractivity contribution in [3.05, 3.63) is 88.7 Å². The number of carbonyl (C=O) groups is 1. The number of nitrogens with one attached hydrogen (secondary N) is 1. The minimum absolute atomic E-state index is 0.0442. The van der Waals surface area contributed by atoms with Crippen molar-refractivity contribution < 1.29 is 9.18 Å². The summed E-state index contributed by atoms with van der Waals surface area (Å²) in [6.45, 7) is 4.06. The molecule has 0 aliphatic heterocycles. The first-order chi connectivity index (χ1) is 15.4. The fourth-order valence-corrected chi connectivity index (χ4v) is 4.01. The number of amides is 1. The van der Waals surface area contributed by atoms with Gasteiger partial charge in [-0.05, 0) is 44.2 Å². The van der Waals surface area contributed by atoms with E-state index in [9.17, 15) is 9.18 Å². The smallest absolute Gasteiger partial charge is 0.234 e. The van der Waals surface area contributed by atoms with Crippen LogP contribution < -0.4 is 5.32 Å². The molecule has 8 heteroatoms. The molecule has 1 amide bonds. The highest BCUT2D eigenvalue weighted by molar-refractivity contribution is 7.99. The maximum absolute atomic E-state index is 13.3. The molecule has 0 bridgehead atoms. The maximum Gasteiger partial charge on any atom is 0.234 e. The number of anilines is 1. The van der Waals surface area contributed by atoms with Crippen molar-refractivity contribution in [2.75, 3.05) is 11.1 Å². The molecular formula is C24H20ClFN4OS. The molecule has 1 heterocycles. The molecule has 32 heavy (non-hydrogen) atoms. The first-order valence-electron chi connectivity index (χ1n) is 9.88. The number of carbonyl (C=O) groups excluding carboxylic acids is 1. The largest absolute Gasteiger partial charge is 0.325 e. The van der Waals surface area contributed by atoms with Gasteiger partial charge in [-0.15, -0.1) is 10.2 Å². The average molecular weight is 467 g/mol. The van der Waals surface area contributed by atoms with Gasteiger partial charge >= 0.3 is 0 Å². The fourth-order valence-electron chi connectivity index (χ4n) is 3.08. The number of rotatable bonds is 6. The minimum Gasteiger partial charge on any atom is -0.325 e. The van der Waals surface area contributed by atoms with Gasteiger partial charge < -0.3 is 5.32 Å². The average Bonchev–Trinajstić information content (AvgIpc) is 3.20. The minimum atomic E-state index is -0.533. The second-order valence-electron chi connectivity index (χ2n) is 7.31. The third-order valence-electron chi connectivity index (χ3n) is 4.77. The van der Waals surface area contributed by atoms with Crippen LogP contribution in [-0.4, -0.2) is 26.4 Å². The van der Waals surface area contributed by atoms with Crippen LogP contribution >= 0.6 is 23.4 Å². The molecule has 0 saturated heterocycles. The van der Waals surface area contributed by atoms with Crippen molar-refractivity contribution in [3.63, 3.8) is 0 Å². The van der Waals surface area contributed by atoms with E-state index in [1.54, 1.807) is 0 Å². The molecule has 3 aromatic carbocycles. The molecule has 0 aliphatic carbocycles. The highest BCUT2D eigenvalue weighted by atomic mass is 35.5. The number of benzene rings is 3. The lowest BCUT2D eigenvalue weighted by Crippen LogP contribution is -2.14. The molecule has 5 nitrogen and oxygen atoms in total. The highest BCUT2D eigenvalue weighted by Crippen LogP contribution is 2.28. The Morgan fingerprint density at radius 1 is 1.00 bits per heavy atom. The van der Waals surface area contributed by atoms with E-state index in [0.29, 0.717) is 16.7 Å².